The van der Waals surface area contributed by atoms with Gasteiger partial charge >= 0.3 is 6.01 Å². The smallest absolute Gasteiger partial charge is 0.318 e. The van der Waals surface area contributed by atoms with Crippen LogP contribution in [0.1, 0.15) is 30.5 Å². The lowest BCUT2D eigenvalue weighted by atomic mass is 10.0. The van der Waals surface area contributed by atoms with Gasteiger partial charge in [-0.2, -0.15) is 28.7 Å². The second kappa shape index (κ2) is 13.6. The molecule has 2 atom stereocenters. The molecule has 3 aliphatic heterocycles. The average Bonchev–Trinajstić information content (AvgIpc) is 3.43. The van der Waals surface area contributed by atoms with Crippen molar-refractivity contribution in [2.24, 2.45) is 0 Å². The first kappa shape index (κ1) is 31.8. The summed E-state index contributed by atoms with van der Waals surface area (Å²) in [4.78, 5) is 30.4. The van der Waals surface area contributed by atoms with E-state index in [9.17, 15) is 14.4 Å². The fourth-order valence-electron chi connectivity index (χ4n) is 6.57. The van der Waals surface area contributed by atoms with Gasteiger partial charge in [0.25, 0.3) is 5.91 Å². The van der Waals surface area contributed by atoms with Crippen molar-refractivity contribution in [2.45, 2.75) is 44.3 Å². The average molecular weight is 638 g/mol. The normalized spacial score (nSPS) is 20.2. The lowest BCUT2D eigenvalue weighted by Crippen LogP contribution is -2.55. The van der Waals surface area contributed by atoms with Crippen LogP contribution in [0.15, 0.2) is 48.8 Å². The van der Waals surface area contributed by atoms with Crippen molar-refractivity contribution in [2.75, 3.05) is 56.2 Å². The number of hydrogen-bond acceptors (Lipinski definition) is 8. The van der Waals surface area contributed by atoms with Gasteiger partial charge in [0.2, 0.25) is 0 Å². The van der Waals surface area contributed by atoms with Crippen LogP contribution in [-0.2, 0) is 17.8 Å². The fraction of sp³-hybridized carbons (Fsp3) is 0.438. The first-order valence-corrected chi connectivity index (χ1v) is 15.1. The van der Waals surface area contributed by atoms with Gasteiger partial charge in [-0.25, -0.2) is 4.39 Å². The number of aromatic nitrogens is 2. The highest BCUT2D eigenvalue weighted by atomic mass is 35.5. The maximum absolute atomic E-state index is 13.8. The highest BCUT2D eigenvalue weighted by molar-refractivity contribution is 7.59. The van der Waals surface area contributed by atoms with Crippen LogP contribution in [0.25, 0.3) is 10.8 Å². The number of likely N-dealkylation sites (N-methyl/N-ethyl adjacent to an activating group) is 1. The molecule has 12 heteroatoms. The molecule has 6 rings (SSSR count). The van der Waals surface area contributed by atoms with Gasteiger partial charge in [-0.1, -0.05) is 42.4 Å². The van der Waals surface area contributed by atoms with E-state index < -0.39 is 17.8 Å². The second-order valence-corrected chi connectivity index (χ2v) is 11.9. The molecule has 1 amide bonds. The van der Waals surface area contributed by atoms with E-state index >= 15 is 0 Å². The predicted octanol–water partition coefficient (Wildman–Crippen LogP) is 4.85. The van der Waals surface area contributed by atoms with Crippen LogP contribution in [0.4, 0.5) is 15.9 Å². The highest BCUT2D eigenvalue weighted by Crippen LogP contribution is 2.37. The van der Waals surface area contributed by atoms with E-state index in [4.69, 9.17) is 26.3 Å². The van der Waals surface area contributed by atoms with Crippen LogP contribution < -0.4 is 14.5 Å². The summed E-state index contributed by atoms with van der Waals surface area (Å²) in [6.07, 6.45) is 2.98. The lowest BCUT2D eigenvalue weighted by molar-refractivity contribution is -0.131. The van der Waals surface area contributed by atoms with Crippen LogP contribution >= 0.6 is 25.1 Å². The molecule has 0 bridgehead atoms. The zero-order valence-corrected chi connectivity index (χ0v) is 26.6. The summed E-state index contributed by atoms with van der Waals surface area (Å²) in [5, 5.41) is 12.3. The molecule has 2 fully saturated rings. The molecule has 232 valence electrons. The zero-order chi connectivity index (χ0) is 30.1. The van der Waals surface area contributed by atoms with Gasteiger partial charge in [0.1, 0.15) is 12.4 Å². The summed E-state index contributed by atoms with van der Waals surface area (Å²) >= 11 is 6.68. The molecule has 0 radical (unpaired) electrons. The molecule has 0 N–H and O–H groups in total. The van der Waals surface area contributed by atoms with Crippen molar-refractivity contribution in [3.05, 3.63) is 65.1 Å². The van der Waals surface area contributed by atoms with Crippen LogP contribution in [0, 0.1) is 11.3 Å². The van der Waals surface area contributed by atoms with E-state index in [-0.39, 0.29) is 26.5 Å². The third kappa shape index (κ3) is 6.29. The summed E-state index contributed by atoms with van der Waals surface area (Å²) in [6.45, 7) is 7.06. The van der Waals surface area contributed by atoms with E-state index in [0.717, 1.165) is 59.5 Å². The van der Waals surface area contributed by atoms with Gasteiger partial charge in [-0.15, -0.1) is 0 Å². The van der Waals surface area contributed by atoms with Gasteiger partial charge in [0, 0.05) is 48.9 Å². The Bertz CT molecular complexity index is 1600. The van der Waals surface area contributed by atoms with Gasteiger partial charge in [-0.05, 0) is 50.4 Å². The number of nitrogens with zero attached hydrogens (tertiary/aromatic N) is 7. The minimum absolute atomic E-state index is 0. The Balaban J connectivity index is 0.00000384. The van der Waals surface area contributed by atoms with E-state index in [1.165, 1.54) is 4.90 Å². The molecule has 1 unspecified atom stereocenters. The quantitative estimate of drug-likeness (QED) is 0.340. The fourth-order valence-corrected chi connectivity index (χ4v) is 6.85. The molecule has 9 nitrogen and oxygen atoms in total. The van der Waals surface area contributed by atoms with E-state index in [1.54, 1.807) is 0 Å². The number of likely N-dealkylation sites (tertiary alicyclic amines) is 1. The third-order valence-corrected chi connectivity index (χ3v) is 9.19. The zero-order valence-electron chi connectivity index (χ0n) is 24.8. The maximum atomic E-state index is 13.8. The highest BCUT2D eigenvalue weighted by Gasteiger charge is 2.35. The Labute approximate surface area is 269 Å². The van der Waals surface area contributed by atoms with Crippen LogP contribution in [-0.4, -0.2) is 84.1 Å². The Hall–Kier alpha value is -3.59. The van der Waals surface area contributed by atoms with Gasteiger partial charge in [0.05, 0.1) is 35.8 Å². The summed E-state index contributed by atoms with van der Waals surface area (Å²) < 4.78 is 20.0. The molecule has 0 saturated carbocycles. The Morgan fingerprint density at radius 3 is 2.66 bits per heavy atom. The molecule has 2 saturated heterocycles. The minimum Gasteiger partial charge on any atom is -0.462 e. The molecule has 3 aromatic rings. The molecule has 0 spiro atoms. The summed E-state index contributed by atoms with van der Waals surface area (Å²) in [7, 11) is 2.11. The molecule has 44 heavy (non-hydrogen) atoms. The summed E-state index contributed by atoms with van der Waals surface area (Å²) in [6, 6.07) is 14.4. The van der Waals surface area contributed by atoms with Crippen molar-refractivity contribution < 1.29 is 13.9 Å². The number of halogens is 2. The largest absolute Gasteiger partial charge is 0.462 e. The molecule has 3 aliphatic rings. The number of carbonyl (C=O) groups is 1. The molecule has 1 aromatic heterocycles. The van der Waals surface area contributed by atoms with E-state index in [1.807, 2.05) is 18.2 Å². The van der Waals surface area contributed by atoms with Crippen molar-refractivity contribution in [1.82, 2.24) is 19.8 Å². The number of hydrogen-bond donors (Lipinski definition) is 0. The SMILES string of the molecule is C=C(F)C(=O)N1CCN(c2nc(OC[C@@H]3CCCN3C)nc3c2CCN(c2cccc4cccc(Cl)c24)C3)CC1CC#N.S. The standard InChI is InChI=1S/C32H35ClFN7O2.H2S/c1-21(34)31(42)41-17-16-40(18-23(41)11-13-35)30-25-12-15-39(28-10-4-7-22-6-3-9-26(33)29(22)28)19-27(25)36-32(37-30)43-20-24-8-5-14-38(24)2;/h3-4,6-7,9-10,23-24H,1,5,8,11-12,14-20H2,2H3;1H2/t23?,24-;/m0./s1. The first-order chi connectivity index (χ1) is 20.8. The number of amides is 1. The minimum atomic E-state index is -1.02. The van der Waals surface area contributed by atoms with Crippen molar-refractivity contribution >= 4 is 53.3 Å². The summed E-state index contributed by atoms with van der Waals surface area (Å²) in [5.74, 6) is -1.03. The topological polar surface area (TPSA) is 88.8 Å². The van der Waals surface area contributed by atoms with Crippen molar-refractivity contribution in [3.63, 3.8) is 0 Å². The van der Waals surface area contributed by atoms with Gasteiger partial charge < -0.3 is 24.3 Å². The lowest BCUT2D eigenvalue weighted by Gasteiger charge is -2.42. The Morgan fingerprint density at radius 2 is 1.93 bits per heavy atom. The molecule has 2 aromatic carbocycles. The van der Waals surface area contributed by atoms with Crippen molar-refractivity contribution in [1.29, 1.82) is 5.26 Å². The molecular formula is C32H37ClFN7O2S. The number of fused-ring (bicyclic) bond motifs is 2. The summed E-state index contributed by atoms with van der Waals surface area (Å²) in [5.41, 5.74) is 2.96. The van der Waals surface area contributed by atoms with Crippen LogP contribution in [0.3, 0.4) is 0 Å². The number of benzene rings is 2. The van der Waals surface area contributed by atoms with Gasteiger partial charge in [-0.3, -0.25) is 4.79 Å². The Kier molecular flexibility index (Phi) is 9.83. The maximum Gasteiger partial charge on any atom is 0.318 e. The first-order valence-electron chi connectivity index (χ1n) is 14.8. The van der Waals surface area contributed by atoms with Crippen molar-refractivity contribution in [3.8, 4) is 12.1 Å². The number of piperazine rings is 1. The molecule has 4 heterocycles. The van der Waals surface area contributed by atoms with Crippen LogP contribution in [0.5, 0.6) is 6.01 Å². The number of ether oxygens (including phenoxy) is 1. The molecule has 0 aliphatic carbocycles. The predicted molar refractivity (Wildman–Crippen MR) is 175 cm³/mol. The number of anilines is 2. The monoisotopic (exact) mass is 637 g/mol. The van der Waals surface area contributed by atoms with Crippen LogP contribution in [0.2, 0.25) is 5.02 Å². The number of nitriles is 1. The number of carbonyl (C=O) groups excluding carboxylic acids is 1. The van der Waals surface area contributed by atoms with Gasteiger partial charge in [0.15, 0.2) is 5.83 Å². The molecular weight excluding hydrogens is 601 g/mol. The Morgan fingerprint density at radius 1 is 1.14 bits per heavy atom. The third-order valence-electron chi connectivity index (χ3n) is 8.87. The van der Waals surface area contributed by atoms with E-state index in [2.05, 4.69) is 52.6 Å². The second-order valence-electron chi connectivity index (χ2n) is 11.5. The number of rotatable bonds is 7. The van der Waals surface area contributed by atoms with E-state index in [0.29, 0.717) is 49.7 Å².